The maximum atomic E-state index is 5.50. The van der Waals surface area contributed by atoms with Crippen molar-refractivity contribution in [2.24, 2.45) is 17.8 Å². The summed E-state index contributed by atoms with van der Waals surface area (Å²) in [6.07, 6.45) is 10.5. The fraction of sp³-hybridized carbons (Fsp3) is 0.586. The predicted molar refractivity (Wildman–Crippen MR) is 131 cm³/mol. The van der Waals surface area contributed by atoms with Crippen LogP contribution in [-0.4, -0.2) is 33.6 Å². The van der Waals surface area contributed by atoms with Crippen molar-refractivity contribution in [3.63, 3.8) is 0 Å². The Hall–Kier alpha value is -1.84. The Morgan fingerprint density at radius 3 is 2.19 bits per heavy atom. The van der Waals surface area contributed by atoms with Crippen molar-refractivity contribution in [2.75, 3.05) is 32.2 Å². The summed E-state index contributed by atoms with van der Waals surface area (Å²) >= 11 is 0. The molecule has 3 heteroatoms. The molecule has 2 fully saturated rings. The van der Waals surface area contributed by atoms with E-state index in [0.29, 0.717) is 11.8 Å². The molecule has 0 amide bonds. The van der Waals surface area contributed by atoms with Crippen LogP contribution in [0.5, 0.6) is 0 Å². The summed E-state index contributed by atoms with van der Waals surface area (Å²) in [5, 5.41) is 0. The zero-order chi connectivity index (χ0) is 21.9. The van der Waals surface area contributed by atoms with E-state index >= 15 is 0 Å². The lowest BCUT2D eigenvalue weighted by atomic mass is 9.66. The Bertz CT molecular complexity index is 861. The molecule has 0 spiro atoms. The normalized spacial score (nSPS) is 24.8. The first-order chi connectivity index (χ1) is 15.8. The van der Waals surface area contributed by atoms with Crippen LogP contribution in [0, 0.1) is 17.8 Å². The molecule has 2 atom stereocenters. The number of piperidine rings is 1. The van der Waals surface area contributed by atoms with E-state index in [1.165, 1.54) is 49.8 Å². The summed E-state index contributed by atoms with van der Waals surface area (Å²) in [6, 6.07) is 18.9. The molecule has 1 saturated heterocycles. The second kappa shape index (κ2) is 9.97. The summed E-state index contributed by atoms with van der Waals surface area (Å²) in [5.41, 5.74) is 6.05. The summed E-state index contributed by atoms with van der Waals surface area (Å²) in [5.74, 6) is 2.76. The molecular weight excluding hydrogens is 394 g/mol. The summed E-state index contributed by atoms with van der Waals surface area (Å²) in [6.45, 7) is 2.15. The molecule has 32 heavy (non-hydrogen) atoms. The monoisotopic (exact) mass is 433 g/mol. The zero-order valence-electron chi connectivity index (χ0n) is 19.8. The third-order valence-corrected chi connectivity index (χ3v) is 8.58. The molecule has 5 rings (SSSR count). The molecular formula is C29H39NO2. The lowest BCUT2D eigenvalue weighted by molar-refractivity contribution is -0.141. The van der Waals surface area contributed by atoms with E-state index in [2.05, 4.69) is 53.4 Å². The number of nitrogens with zero attached hydrogens (tertiary/aromatic N) is 1. The second-order valence-electron chi connectivity index (χ2n) is 10.2. The summed E-state index contributed by atoms with van der Waals surface area (Å²) in [7, 11) is 3.50. The van der Waals surface area contributed by atoms with E-state index in [9.17, 15) is 0 Å². The van der Waals surface area contributed by atoms with Gasteiger partial charge in [0.05, 0.1) is 0 Å². The minimum Gasteiger partial charge on any atom is -0.372 e. The molecule has 0 aromatic heterocycles. The van der Waals surface area contributed by atoms with Gasteiger partial charge >= 0.3 is 0 Å². The number of aryl methyl sites for hydroxylation is 1. The highest BCUT2D eigenvalue weighted by Gasteiger charge is 2.37. The maximum Gasteiger partial charge on any atom is 0.159 e. The highest BCUT2D eigenvalue weighted by molar-refractivity contribution is 5.50. The first kappa shape index (κ1) is 22.0. The summed E-state index contributed by atoms with van der Waals surface area (Å²) in [4.78, 5) is 2.53. The highest BCUT2D eigenvalue weighted by atomic mass is 16.7. The molecule has 1 saturated carbocycles. The molecule has 172 valence electrons. The van der Waals surface area contributed by atoms with Crippen LogP contribution in [0.2, 0.25) is 0 Å². The Balaban J connectivity index is 1.34. The quantitative estimate of drug-likeness (QED) is 0.492. The molecule has 0 unspecified atom stereocenters. The molecule has 1 heterocycles. The van der Waals surface area contributed by atoms with Crippen LogP contribution in [-0.2, 0) is 15.9 Å². The number of ether oxygens (including phenoxy) is 2. The van der Waals surface area contributed by atoms with Crippen LogP contribution >= 0.6 is 0 Å². The second-order valence-corrected chi connectivity index (χ2v) is 10.2. The zero-order valence-corrected chi connectivity index (χ0v) is 19.8. The van der Waals surface area contributed by atoms with Gasteiger partial charge in [-0.3, -0.25) is 0 Å². The van der Waals surface area contributed by atoms with E-state index in [-0.39, 0.29) is 6.29 Å². The van der Waals surface area contributed by atoms with Crippen LogP contribution in [0.25, 0.3) is 0 Å². The average Bonchev–Trinajstić information content (AvgIpc) is 3.40. The molecule has 2 aliphatic carbocycles. The van der Waals surface area contributed by atoms with Crippen molar-refractivity contribution in [1.29, 1.82) is 0 Å². The van der Waals surface area contributed by atoms with E-state index in [4.69, 9.17) is 9.47 Å². The number of hydrogen-bond acceptors (Lipinski definition) is 3. The van der Waals surface area contributed by atoms with Gasteiger partial charge in [-0.25, -0.2) is 0 Å². The number of benzene rings is 2. The van der Waals surface area contributed by atoms with E-state index in [0.717, 1.165) is 37.8 Å². The number of rotatable bonds is 6. The molecule has 3 aliphatic rings. The Morgan fingerprint density at radius 1 is 0.812 bits per heavy atom. The van der Waals surface area contributed by atoms with Gasteiger partial charge in [0.1, 0.15) is 0 Å². The van der Waals surface area contributed by atoms with Crippen molar-refractivity contribution >= 4 is 5.69 Å². The van der Waals surface area contributed by atoms with Gasteiger partial charge in [0.2, 0.25) is 0 Å². The Kier molecular flexibility index (Phi) is 6.85. The van der Waals surface area contributed by atoms with E-state index in [1.54, 1.807) is 25.3 Å². The predicted octanol–water partition coefficient (Wildman–Crippen LogP) is 6.41. The first-order valence-electron chi connectivity index (χ1n) is 12.8. The van der Waals surface area contributed by atoms with Gasteiger partial charge in [-0.05, 0) is 66.3 Å². The SMILES string of the molecule is COC(OC)C1CCN(c2ccc([C@@H]3c4ccccc4CC[C@@H]3C3CCCC3)cc2)CC1. The van der Waals surface area contributed by atoms with Crippen molar-refractivity contribution in [3.05, 3.63) is 65.2 Å². The molecule has 0 bridgehead atoms. The van der Waals surface area contributed by atoms with Crippen molar-refractivity contribution in [1.82, 2.24) is 0 Å². The highest BCUT2D eigenvalue weighted by Crippen LogP contribution is 2.48. The van der Waals surface area contributed by atoms with Crippen LogP contribution in [0.3, 0.4) is 0 Å². The third-order valence-electron chi connectivity index (χ3n) is 8.58. The fourth-order valence-electron chi connectivity index (χ4n) is 6.91. The van der Waals surface area contributed by atoms with Crippen molar-refractivity contribution < 1.29 is 9.47 Å². The lowest BCUT2D eigenvalue weighted by Crippen LogP contribution is -2.39. The standard InChI is InChI=1S/C29H39NO2/c1-31-29(32-2)24-17-19-30(20-18-24)25-14-11-23(12-15-25)28-26-10-6-5-9-22(26)13-16-27(28)21-7-3-4-8-21/h5-6,9-12,14-15,21,24,27-29H,3-4,7-8,13,16-20H2,1-2H3/t27-,28-/m1/s1. The summed E-state index contributed by atoms with van der Waals surface area (Å²) < 4.78 is 11.0. The number of fused-ring (bicyclic) bond motifs is 1. The smallest absolute Gasteiger partial charge is 0.159 e. The van der Waals surface area contributed by atoms with Gasteiger partial charge in [0, 0.05) is 44.8 Å². The first-order valence-corrected chi connectivity index (χ1v) is 12.8. The molecule has 0 radical (unpaired) electrons. The average molecular weight is 434 g/mol. The van der Waals surface area contributed by atoms with Gasteiger partial charge in [-0.1, -0.05) is 62.1 Å². The minimum atomic E-state index is -0.0709. The molecule has 1 aliphatic heterocycles. The van der Waals surface area contributed by atoms with Gasteiger partial charge in [0.15, 0.2) is 6.29 Å². The van der Waals surface area contributed by atoms with Crippen LogP contribution < -0.4 is 4.90 Å². The van der Waals surface area contributed by atoms with Gasteiger partial charge < -0.3 is 14.4 Å². The lowest BCUT2D eigenvalue weighted by Gasteiger charge is -2.38. The van der Waals surface area contributed by atoms with E-state index in [1.807, 2.05) is 0 Å². The number of methoxy groups -OCH3 is 2. The topological polar surface area (TPSA) is 21.7 Å². The largest absolute Gasteiger partial charge is 0.372 e. The van der Waals surface area contributed by atoms with Crippen molar-refractivity contribution in [3.8, 4) is 0 Å². The van der Waals surface area contributed by atoms with Gasteiger partial charge in [-0.15, -0.1) is 0 Å². The minimum absolute atomic E-state index is 0.0709. The van der Waals surface area contributed by atoms with Crippen LogP contribution in [0.1, 0.15) is 67.6 Å². The van der Waals surface area contributed by atoms with E-state index < -0.39 is 0 Å². The molecule has 2 aromatic carbocycles. The third kappa shape index (κ3) is 4.34. The van der Waals surface area contributed by atoms with Crippen LogP contribution in [0.4, 0.5) is 5.69 Å². The molecule has 3 nitrogen and oxygen atoms in total. The Labute approximate surface area is 194 Å². The number of anilines is 1. The maximum absolute atomic E-state index is 5.50. The van der Waals surface area contributed by atoms with Crippen LogP contribution in [0.15, 0.2) is 48.5 Å². The molecule has 2 aromatic rings. The van der Waals surface area contributed by atoms with Gasteiger partial charge in [-0.2, -0.15) is 0 Å². The Morgan fingerprint density at radius 2 is 1.50 bits per heavy atom. The van der Waals surface area contributed by atoms with Gasteiger partial charge in [0.25, 0.3) is 0 Å². The number of hydrogen-bond donors (Lipinski definition) is 0. The fourth-order valence-corrected chi connectivity index (χ4v) is 6.91. The van der Waals surface area contributed by atoms with Crippen molar-refractivity contribution in [2.45, 2.75) is 63.6 Å². The molecule has 0 N–H and O–H groups in total.